The Balaban J connectivity index is 1.87. The van der Waals surface area contributed by atoms with Crippen LogP contribution in [0, 0.1) is 13.8 Å². The lowest BCUT2D eigenvalue weighted by atomic mass is 9.87. The van der Waals surface area contributed by atoms with Crippen LogP contribution in [0.4, 0.5) is 0 Å². The Kier molecular flexibility index (Phi) is 5.08. The third-order valence-corrected chi connectivity index (χ3v) is 5.88. The lowest BCUT2D eigenvalue weighted by Gasteiger charge is -2.19. The van der Waals surface area contributed by atoms with E-state index in [1.807, 2.05) is 17.7 Å². The summed E-state index contributed by atoms with van der Waals surface area (Å²) < 4.78 is 27.6. The van der Waals surface area contributed by atoms with Crippen molar-refractivity contribution < 1.29 is 8.42 Å². The highest BCUT2D eigenvalue weighted by Crippen LogP contribution is 2.34. The average molecular weight is 388 g/mol. The zero-order valence-corrected chi connectivity index (χ0v) is 17.8. The molecule has 1 aliphatic carbocycles. The fraction of sp³-hybridized carbons (Fsp3) is 0.476. The van der Waals surface area contributed by atoms with Crippen LogP contribution in [0.2, 0.25) is 0 Å². The Hall–Kier alpha value is -1.92. The van der Waals surface area contributed by atoms with E-state index in [-0.39, 0.29) is 17.4 Å². The molecule has 0 bridgehead atoms. The van der Waals surface area contributed by atoms with Crippen molar-refractivity contribution in [2.24, 2.45) is 0 Å². The number of nitrogens with one attached hydrogen (secondary N) is 1. The first-order valence-corrected chi connectivity index (χ1v) is 11.2. The first-order valence-electron chi connectivity index (χ1n) is 9.28. The molecule has 0 saturated heterocycles. The van der Waals surface area contributed by atoms with Crippen molar-refractivity contribution in [1.82, 2.24) is 14.5 Å². The van der Waals surface area contributed by atoms with Crippen LogP contribution in [0.5, 0.6) is 0 Å². The molecule has 1 heterocycles. The van der Waals surface area contributed by atoms with E-state index in [1.54, 1.807) is 0 Å². The fourth-order valence-corrected chi connectivity index (χ4v) is 4.55. The minimum atomic E-state index is -3.21. The first kappa shape index (κ1) is 19.8. The van der Waals surface area contributed by atoms with E-state index in [4.69, 9.17) is 5.10 Å². The van der Waals surface area contributed by atoms with Crippen molar-refractivity contribution in [1.29, 1.82) is 0 Å². The Labute approximate surface area is 162 Å². The van der Waals surface area contributed by atoms with Crippen LogP contribution in [-0.4, -0.2) is 30.5 Å². The van der Waals surface area contributed by atoms with Crippen LogP contribution in [0.1, 0.15) is 55.6 Å². The van der Waals surface area contributed by atoms with Gasteiger partial charge in [0.15, 0.2) is 0 Å². The molecule has 2 aromatic rings. The normalized spacial score (nSPS) is 20.4. The maximum Gasteiger partial charge on any atom is 0.209 e. The second-order valence-electron chi connectivity index (χ2n) is 8.52. The third-order valence-electron chi connectivity index (χ3n) is 5.15. The molecule has 0 unspecified atom stereocenters. The quantitative estimate of drug-likeness (QED) is 0.813. The van der Waals surface area contributed by atoms with Gasteiger partial charge in [0.05, 0.1) is 17.6 Å². The van der Waals surface area contributed by atoms with E-state index < -0.39 is 10.0 Å². The van der Waals surface area contributed by atoms with Gasteiger partial charge in [-0.25, -0.2) is 17.8 Å². The topological polar surface area (TPSA) is 64.0 Å². The summed E-state index contributed by atoms with van der Waals surface area (Å²) in [7, 11) is -3.21. The molecular weight excluding hydrogens is 358 g/mol. The number of aryl methyl sites for hydroxylation is 1. The molecule has 0 amide bonds. The SMILES string of the molecule is Cc1nn(-c2ccc(C(C)(C)C)cc2)c(C)c1[C@@H]1C=C[C@@H](NS(C)(=O)=O)C1. The predicted molar refractivity (Wildman–Crippen MR) is 110 cm³/mol. The molecule has 0 saturated carbocycles. The molecule has 2 atom stereocenters. The highest BCUT2D eigenvalue weighted by Gasteiger charge is 2.27. The lowest BCUT2D eigenvalue weighted by molar-refractivity contribution is 0.569. The number of nitrogens with zero attached hydrogens (tertiary/aromatic N) is 2. The number of sulfonamides is 1. The summed E-state index contributed by atoms with van der Waals surface area (Å²) in [5.74, 6) is 0.173. The molecule has 1 N–H and O–H groups in total. The maximum absolute atomic E-state index is 11.5. The number of hydrogen-bond donors (Lipinski definition) is 1. The third kappa shape index (κ3) is 4.33. The number of allylic oxidation sites excluding steroid dienone is 1. The molecular formula is C21H29N3O2S. The molecule has 27 heavy (non-hydrogen) atoms. The second kappa shape index (κ2) is 6.91. The van der Waals surface area contributed by atoms with E-state index in [1.165, 1.54) is 17.4 Å². The largest absolute Gasteiger partial charge is 0.238 e. The second-order valence-corrected chi connectivity index (χ2v) is 10.3. The van der Waals surface area contributed by atoms with Crippen molar-refractivity contribution in [3.63, 3.8) is 0 Å². The van der Waals surface area contributed by atoms with Gasteiger partial charge >= 0.3 is 0 Å². The van der Waals surface area contributed by atoms with Crippen LogP contribution in [0.25, 0.3) is 5.69 Å². The molecule has 0 spiro atoms. The summed E-state index contributed by atoms with van der Waals surface area (Å²) in [4.78, 5) is 0. The Morgan fingerprint density at radius 3 is 2.30 bits per heavy atom. The summed E-state index contributed by atoms with van der Waals surface area (Å²) >= 11 is 0. The molecule has 146 valence electrons. The summed E-state index contributed by atoms with van der Waals surface area (Å²) in [5.41, 5.74) is 5.73. The minimum Gasteiger partial charge on any atom is -0.238 e. The van der Waals surface area contributed by atoms with Crippen molar-refractivity contribution in [2.75, 3.05) is 6.26 Å². The van der Waals surface area contributed by atoms with E-state index in [2.05, 4.69) is 62.8 Å². The first-order chi connectivity index (χ1) is 12.5. The van der Waals surface area contributed by atoms with Crippen molar-refractivity contribution in [3.05, 3.63) is 58.9 Å². The molecule has 5 nitrogen and oxygen atoms in total. The predicted octanol–water partition coefficient (Wildman–Crippen LogP) is 3.75. The van der Waals surface area contributed by atoms with Gasteiger partial charge in [0.2, 0.25) is 10.0 Å². The number of benzene rings is 1. The van der Waals surface area contributed by atoms with E-state index in [9.17, 15) is 8.42 Å². The molecule has 3 rings (SSSR count). The summed E-state index contributed by atoms with van der Waals surface area (Å²) in [6.45, 7) is 10.7. The number of hydrogen-bond acceptors (Lipinski definition) is 3. The van der Waals surface area contributed by atoms with E-state index in [0.29, 0.717) is 0 Å². The molecule has 0 fully saturated rings. The molecule has 1 aromatic heterocycles. The van der Waals surface area contributed by atoms with Gasteiger partial charge in [0.1, 0.15) is 0 Å². The molecule has 0 aliphatic heterocycles. The van der Waals surface area contributed by atoms with Gasteiger partial charge in [0, 0.05) is 23.2 Å². The summed E-state index contributed by atoms with van der Waals surface area (Å²) in [5, 5.41) is 4.76. The van der Waals surface area contributed by atoms with E-state index >= 15 is 0 Å². The Morgan fingerprint density at radius 2 is 1.74 bits per heavy atom. The number of aromatic nitrogens is 2. The summed E-state index contributed by atoms with van der Waals surface area (Å²) in [6, 6.07) is 8.39. The zero-order valence-electron chi connectivity index (χ0n) is 16.9. The van der Waals surface area contributed by atoms with Gasteiger partial charge < -0.3 is 0 Å². The highest BCUT2D eigenvalue weighted by atomic mass is 32.2. The smallest absolute Gasteiger partial charge is 0.209 e. The molecule has 0 radical (unpaired) electrons. The Bertz CT molecular complexity index is 964. The van der Waals surface area contributed by atoms with Crippen molar-refractivity contribution >= 4 is 10.0 Å². The number of rotatable bonds is 4. The van der Waals surface area contributed by atoms with Gasteiger partial charge in [-0.2, -0.15) is 5.10 Å². The van der Waals surface area contributed by atoms with Gasteiger partial charge in [-0.3, -0.25) is 0 Å². The van der Waals surface area contributed by atoms with Crippen LogP contribution >= 0.6 is 0 Å². The molecule has 6 heteroatoms. The van der Waals surface area contributed by atoms with Crippen LogP contribution in [-0.2, 0) is 15.4 Å². The van der Waals surface area contributed by atoms with Gasteiger partial charge in [-0.05, 0) is 43.4 Å². The van der Waals surface area contributed by atoms with Crippen molar-refractivity contribution in [2.45, 2.75) is 58.4 Å². The lowest BCUT2D eigenvalue weighted by Crippen LogP contribution is -2.31. The minimum absolute atomic E-state index is 0.120. The van der Waals surface area contributed by atoms with Crippen LogP contribution in [0.3, 0.4) is 0 Å². The van der Waals surface area contributed by atoms with Gasteiger partial charge in [-0.1, -0.05) is 45.1 Å². The molecule has 1 aliphatic rings. The Morgan fingerprint density at radius 1 is 1.11 bits per heavy atom. The van der Waals surface area contributed by atoms with Crippen molar-refractivity contribution in [3.8, 4) is 5.69 Å². The van der Waals surface area contributed by atoms with Crippen LogP contribution in [0.15, 0.2) is 36.4 Å². The standard InChI is InChI=1S/C21H29N3O2S/c1-14-20(16-7-10-18(13-16)23-27(6,25)26)15(2)24(22-14)19-11-8-17(9-12-19)21(3,4)5/h7-12,16,18,23H,13H2,1-6H3/t16-,18-/m1/s1. The van der Waals surface area contributed by atoms with E-state index in [0.717, 1.165) is 23.5 Å². The summed E-state index contributed by atoms with van der Waals surface area (Å²) in [6.07, 6.45) is 5.96. The zero-order chi connectivity index (χ0) is 20.0. The molecule has 1 aromatic carbocycles. The maximum atomic E-state index is 11.5. The monoisotopic (exact) mass is 387 g/mol. The average Bonchev–Trinajstić information content (AvgIpc) is 3.09. The highest BCUT2D eigenvalue weighted by molar-refractivity contribution is 7.88. The van der Waals surface area contributed by atoms with Gasteiger partial charge in [0.25, 0.3) is 0 Å². The van der Waals surface area contributed by atoms with Gasteiger partial charge in [-0.15, -0.1) is 0 Å². The van der Waals surface area contributed by atoms with Crippen LogP contribution < -0.4 is 4.72 Å². The fourth-order valence-electron chi connectivity index (χ4n) is 3.82.